The molecular weight excluding hydrogens is 429 g/mol. The molecule has 178 valence electrons. The number of hydrogen-bond acceptors (Lipinski definition) is 7. The summed E-state index contributed by atoms with van der Waals surface area (Å²) in [7, 11) is 1.03. The quantitative estimate of drug-likeness (QED) is 0.233. The van der Waals surface area contributed by atoms with Gasteiger partial charge in [0.1, 0.15) is 0 Å². The van der Waals surface area contributed by atoms with Crippen molar-refractivity contribution >= 4 is 13.3 Å². The monoisotopic (exact) mass is 465 g/mol. The minimum Gasteiger partial charge on any atom is -0.493 e. The average molecular weight is 466 g/mol. The second-order valence-electron chi connectivity index (χ2n) is 7.28. The second-order valence-corrected chi connectivity index (χ2v) is 9.40. The maximum Gasteiger partial charge on any atom is 0.357 e. The molecule has 2 aromatic rings. The Morgan fingerprint density at radius 1 is 0.844 bits per heavy atom. The summed E-state index contributed by atoms with van der Waals surface area (Å²) < 4.78 is 42.6. The van der Waals surface area contributed by atoms with Crippen LogP contribution in [-0.4, -0.2) is 34.5 Å². The lowest BCUT2D eigenvalue weighted by atomic mass is 10.1. The number of nitrogens with one attached hydrogen (secondary N) is 1. The molecule has 8 heteroatoms. The van der Waals surface area contributed by atoms with Gasteiger partial charge >= 0.3 is 7.60 Å². The van der Waals surface area contributed by atoms with Crippen molar-refractivity contribution in [3.63, 3.8) is 0 Å². The molecule has 0 aliphatic heterocycles. The standard InChI is InChI=1S/C24H36NO6P/c1-6-8-15-30-32(26,31-16-9-7-2)24(25-20-13-11-10-12-14-20)19-17-21(27-3)23(29-5)22(18-19)28-4/h10-14,17-18,24-25H,6-9,15-16H2,1-5H3/t24-/m1/s1. The fourth-order valence-electron chi connectivity index (χ4n) is 3.16. The number of unbranched alkanes of at least 4 members (excludes halogenated alkanes) is 2. The summed E-state index contributed by atoms with van der Waals surface area (Å²) in [5, 5.41) is 3.36. The van der Waals surface area contributed by atoms with Crippen molar-refractivity contribution in [2.75, 3.05) is 39.9 Å². The van der Waals surface area contributed by atoms with Crippen LogP contribution in [0.4, 0.5) is 5.69 Å². The first-order valence-corrected chi connectivity index (χ1v) is 12.6. The molecule has 1 atom stereocenters. The number of methoxy groups -OCH3 is 3. The molecule has 1 N–H and O–H groups in total. The third-order valence-corrected chi connectivity index (χ3v) is 7.08. The Balaban J connectivity index is 2.57. The van der Waals surface area contributed by atoms with Crippen molar-refractivity contribution in [2.45, 2.75) is 45.3 Å². The van der Waals surface area contributed by atoms with Gasteiger partial charge in [-0.25, -0.2) is 0 Å². The Morgan fingerprint density at radius 3 is 1.81 bits per heavy atom. The Labute approximate surface area is 191 Å². The van der Waals surface area contributed by atoms with Crippen LogP contribution in [0.2, 0.25) is 0 Å². The zero-order chi connectivity index (χ0) is 23.4. The van der Waals surface area contributed by atoms with E-state index in [1.165, 1.54) is 0 Å². The molecule has 0 saturated carbocycles. The van der Waals surface area contributed by atoms with Gasteiger partial charge in [-0.05, 0) is 42.7 Å². The van der Waals surface area contributed by atoms with Gasteiger partial charge in [-0.15, -0.1) is 0 Å². The maximum absolute atomic E-state index is 14.2. The van der Waals surface area contributed by atoms with E-state index in [2.05, 4.69) is 19.2 Å². The van der Waals surface area contributed by atoms with E-state index < -0.39 is 13.4 Å². The lowest BCUT2D eigenvalue weighted by molar-refractivity contribution is 0.194. The fraction of sp³-hybridized carbons (Fsp3) is 0.500. The number of anilines is 1. The van der Waals surface area contributed by atoms with Gasteiger partial charge in [-0.1, -0.05) is 44.9 Å². The molecule has 0 heterocycles. The van der Waals surface area contributed by atoms with Gasteiger partial charge in [0.05, 0.1) is 34.5 Å². The van der Waals surface area contributed by atoms with Crippen LogP contribution >= 0.6 is 7.60 Å². The maximum atomic E-state index is 14.2. The third-order valence-electron chi connectivity index (χ3n) is 4.93. The molecule has 0 fully saturated rings. The van der Waals surface area contributed by atoms with Crippen molar-refractivity contribution in [1.29, 1.82) is 0 Å². The molecule has 0 aromatic heterocycles. The Bertz CT molecular complexity index is 822. The van der Waals surface area contributed by atoms with Crippen LogP contribution in [0.15, 0.2) is 42.5 Å². The predicted octanol–water partition coefficient (Wildman–Crippen LogP) is 6.65. The summed E-state index contributed by atoms with van der Waals surface area (Å²) in [4.78, 5) is 0. The highest BCUT2D eigenvalue weighted by Gasteiger charge is 2.38. The topological polar surface area (TPSA) is 75.3 Å². The van der Waals surface area contributed by atoms with Gasteiger partial charge in [-0.2, -0.15) is 0 Å². The molecule has 0 aliphatic carbocycles. The van der Waals surface area contributed by atoms with Crippen LogP contribution in [0.25, 0.3) is 0 Å². The van der Waals surface area contributed by atoms with Gasteiger partial charge in [0, 0.05) is 5.69 Å². The lowest BCUT2D eigenvalue weighted by Crippen LogP contribution is -2.16. The van der Waals surface area contributed by atoms with Crippen LogP contribution in [-0.2, 0) is 13.6 Å². The molecule has 0 unspecified atom stereocenters. The van der Waals surface area contributed by atoms with Gasteiger partial charge in [-0.3, -0.25) is 4.57 Å². The number of ether oxygens (including phenoxy) is 3. The number of rotatable bonds is 15. The van der Waals surface area contributed by atoms with E-state index in [9.17, 15) is 4.57 Å². The smallest absolute Gasteiger partial charge is 0.357 e. The summed E-state index contributed by atoms with van der Waals surface area (Å²) in [5.41, 5.74) is 1.45. The largest absolute Gasteiger partial charge is 0.493 e. The van der Waals surface area contributed by atoms with Crippen molar-refractivity contribution in [2.24, 2.45) is 0 Å². The van der Waals surface area contributed by atoms with Gasteiger partial charge in [0.2, 0.25) is 5.75 Å². The molecule has 0 amide bonds. The van der Waals surface area contributed by atoms with Crippen LogP contribution in [0, 0.1) is 0 Å². The Morgan fingerprint density at radius 2 is 1.38 bits per heavy atom. The first-order chi connectivity index (χ1) is 15.5. The van der Waals surface area contributed by atoms with E-state index in [-0.39, 0.29) is 0 Å². The zero-order valence-electron chi connectivity index (χ0n) is 19.8. The van der Waals surface area contributed by atoms with Crippen LogP contribution in [0.5, 0.6) is 17.2 Å². The zero-order valence-corrected chi connectivity index (χ0v) is 20.7. The highest BCUT2D eigenvalue weighted by Crippen LogP contribution is 2.62. The van der Waals surface area contributed by atoms with E-state index >= 15 is 0 Å². The van der Waals surface area contributed by atoms with Crippen LogP contribution < -0.4 is 19.5 Å². The molecule has 2 aromatic carbocycles. The van der Waals surface area contributed by atoms with Crippen molar-refractivity contribution < 1.29 is 27.8 Å². The van der Waals surface area contributed by atoms with E-state index in [0.717, 1.165) is 31.4 Å². The van der Waals surface area contributed by atoms with Gasteiger partial charge in [0.25, 0.3) is 0 Å². The summed E-state index contributed by atoms with van der Waals surface area (Å²) in [6, 6.07) is 13.1. The van der Waals surface area contributed by atoms with E-state index in [1.54, 1.807) is 33.5 Å². The third kappa shape index (κ3) is 6.89. The fourth-order valence-corrected chi connectivity index (χ4v) is 5.12. The highest BCUT2D eigenvalue weighted by molar-refractivity contribution is 7.54. The summed E-state index contributed by atoms with van der Waals surface area (Å²) in [5.74, 6) is 0.629. The highest BCUT2D eigenvalue weighted by atomic mass is 31.2. The minimum atomic E-state index is -3.62. The SMILES string of the molecule is CCCCOP(=O)(OCCCC)[C@@H](Nc1ccccc1)c1cc(OC)c(OC)c(OC)c1. The van der Waals surface area contributed by atoms with E-state index in [0.29, 0.717) is 36.0 Å². The summed E-state index contributed by atoms with van der Waals surface area (Å²) >= 11 is 0. The Kier molecular flexibility index (Phi) is 10.9. The molecule has 2 rings (SSSR count). The summed E-state index contributed by atoms with van der Waals surface area (Å²) in [6.45, 7) is 4.81. The van der Waals surface area contributed by atoms with Crippen molar-refractivity contribution in [1.82, 2.24) is 0 Å². The molecule has 0 bridgehead atoms. The summed E-state index contributed by atoms with van der Waals surface area (Å²) in [6.07, 6.45) is 3.43. The van der Waals surface area contributed by atoms with Crippen LogP contribution in [0.3, 0.4) is 0 Å². The molecule has 0 spiro atoms. The molecule has 0 saturated heterocycles. The van der Waals surface area contributed by atoms with E-state index in [1.807, 2.05) is 30.3 Å². The molecule has 0 radical (unpaired) electrons. The molecule has 32 heavy (non-hydrogen) atoms. The molecule has 0 aliphatic rings. The number of para-hydroxylation sites is 1. The lowest BCUT2D eigenvalue weighted by Gasteiger charge is -2.29. The minimum absolute atomic E-state index is 0.345. The van der Waals surface area contributed by atoms with Gasteiger partial charge < -0.3 is 28.6 Å². The Hall–Kier alpha value is -2.21. The second kappa shape index (κ2) is 13.4. The van der Waals surface area contributed by atoms with Crippen LogP contribution in [0.1, 0.15) is 50.9 Å². The molecular formula is C24H36NO6P. The van der Waals surface area contributed by atoms with Crippen molar-refractivity contribution in [3.8, 4) is 17.2 Å². The molecule has 7 nitrogen and oxygen atoms in total. The van der Waals surface area contributed by atoms with E-state index in [4.69, 9.17) is 23.3 Å². The first-order valence-electron chi connectivity index (χ1n) is 11.0. The first kappa shape index (κ1) is 26.0. The van der Waals surface area contributed by atoms with Gasteiger partial charge in [0.15, 0.2) is 17.3 Å². The van der Waals surface area contributed by atoms with Crippen molar-refractivity contribution in [3.05, 3.63) is 48.0 Å². The normalized spacial score (nSPS) is 12.3. The number of benzene rings is 2. The number of hydrogen-bond donors (Lipinski definition) is 1. The predicted molar refractivity (Wildman–Crippen MR) is 128 cm³/mol. The average Bonchev–Trinajstić information content (AvgIpc) is 2.82.